The smallest absolute Gasteiger partial charge is 0.194 e. The summed E-state index contributed by atoms with van der Waals surface area (Å²) >= 11 is 1.58. The fourth-order valence-corrected chi connectivity index (χ4v) is 2.98. The second kappa shape index (κ2) is 5.93. The highest BCUT2D eigenvalue weighted by Crippen LogP contribution is 2.24. The Balaban J connectivity index is 2.07. The lowest BCUT2D eigenvalue weighted by Crippen LogP contribution is -2.18. The van der Waals surface area contributed by atoms with Gasteiger partial charge in [-0.15, -0.1) is 11.3 Å². The number of aromatic nitrogens is 1. The van der Waals surface area contributed by atoms with Gasteiger partial charge in [0.05, 0.1) is 10.7 Å². The Bertz CT molecular complexity index is 602. The lowest BCUT2D eigenvalue weighted by molar-refractivity contribution is 0.443. The molecule has 0 amide bonds. The lowest BCUT2D eigenvalue weighted by Gasteiger charge is -2.13. The van der Waals surface area contributed by atoms with Crippen LogP contribution in [0.4, 0.5) is 13.2 Å². The van der Waals surface area contributed by atoms with Gasteiger partial charge in [0.2, 0.25) is 0 Å². The van der Waals surface area contributed by atoms with Crippen molar-refractivity contribution in [3.8, 4) is 0 Å². The summed E-state index contributed by atoms with van der Waals surface area (Å²) in [5.74, 6) is -3.77. The summed E-state index contributed by atoms with van der Waals surface area (Å²) in [7, 11) is 0. The molecule has 0 fully saturated rings. The summed E-state index contributed by atoms with van der Waals surface area (Å²) in [4.78, 5) is 5.42. The van der Waals surface area contributed by atoms with Crippen molar-refractivity contribution in [1.82, 2.24) is 10.3 Å². The minimum absolute atomic E-state index is 0.0115. The van der Waals surface area contributed by atoms with Crippen LogP contribution in [0.1, 0.15) is 34.1 Å². The molecule has 2 nitrogen and oxygen atoms in total. The third kappa shape index (κ3) is 3.19. The monoisotopic (exact) mass is 300 g/mol. The molecule has 1 atom stereocenters. The largest absolute Gasteiger partial charge is 0.305 e. The third-order valence-electron chi connectivity index (χ3n) is 2.99. The maximum atomic E-state index is 13.1. The summed E-state index contributed by atoms with van der Waals surface area (Å²) in [6.07, 6.45) is 0. The predicted octanol–water partition coefficient (Wildman–Crippen LogP) is 4.03. The molecule has 0 aliphatic rings. The number of thiazole rings is 1. The van der Waals surface area contributed by atoms with E-state index in [0.717, 1.165) is 27.7 Å². The van der Waals surface area contributed by atoms with Gasteiger partial charge in [-0.05, 0) is 38.5 Å². The zero-order valence-corrected chi connectivity index (χ0v) is 12.2. The first-order chi connectivity index (χ1) is 9.38. The van der Waals surface area contributed by atoms with E-state index in [1.807, 2.05) is 20.8 Å². The van der Waals surface area contributed by atoms with Crippen molar-refractivity contribution in [2.24, 2.45) is 0 Å². The molecule has 1 aromatic carbocycles. The molecule has 1 heterocycles. The van der Waals surface area contributed by atoms with E-state index in [1.165, 1.54) is 0 Å². The maximum absolute atomic E-state index is 13.1. The number of aryl methyl sites for hydroxylation is 2. The topological polar surface area (TPSA) is 24.9 Å². The Kier molecular flexibility index (Phi) is 4.45. The molecule has 1 N–H and O–H groups in total. The predicted molar refractivity (Wildman–Crippen MR) is 73.2 cm³/mol. The van der Waals surface area contributed by atoms with Crippen LogP contribution in [-0.4, -0.2) is 4.98 Å². The van der Waals surface area contributed by atoms with E-state index in [4.69, 9.17) is 0 Å². The van der Waals surface area contributed by atoms with Crippen molar-refractivity contribution in [3.05, 3.63) is 50.7 Å². The van der Waals surface area contributed by atoms with Crippen LogP contribution in [-0.2, 0) is 6.54 Å². The molecule has 0 saturated carbocycles. The Labute approximate surface area is 119 Å². The first-order valence-electron chi connectivity index (χ1n) is 6.19. The second-order valence-electron chi connectivity index (χ2n) is 4.66. The van der Waals surface area contributed by atoms with Crippen LogP contribution in [0.2, 0.25) is 0 Å². The number of benzene rings is 1. The fourth-order valence-electron chi connectivity index (χ4n) is 2.02. The molecule has 1 aromatic heterocycles. The summed E-state index contributed by atoms with van der Waals surface area (Å²) in [6, 6.07) is 2.02. The number of halogens is 3. The molecule has 2 aromatic rings. The first-order valence-corrected chi connectivity index (χ1v) is 7.01. The Morgan fingerprint density at radius 1 is 1.20 bits per heavy atom. The molecule has 1 unspecified atom stereocenters. The van der Waals surface area contributed by atoms with Gasteiger partial charge < -0.3 is 5.32 Å². The van der Waals surface area contributed by atoms with Crippen LogP contribution in [0.15, 0.2) is 12.1 Å². The summed E-state index contributed by atoms with van der Waals surface area (Å²) in [5.41, 5.74) is 1.32. The molecule has 108 valence electrons. The zero-order chi connectivity index (χ0) is 14.9. The third-order valence-corrected chi connectivity index (χ3v) is 4.24. The highest BCUT2D eigenvalue weighted by Gasteiger charge is 2.14. The van der Waals surface area contributed by atoms with Gasteiger partial charge in [0, 0.05) is 17.5 Å². The van der Waals surface area contributed by atoms with Crippen LogP contribution in [0.5, 0.6) is 0 Å². The molecule has 0 radical (unpaired) electrons. The van der Waals surface area contributed by atoms with Crippen molar-refractivity contribution >= 4 is 11.3 Å². The molecule has 0 spiro atoms. The van der Waals surface area contributed by atoms with E-state index in [9.17, 15) is 13.2 Å². The van der Waals surface area contributed by atoms with E-state index < -0.39 is 17.5 Å². The van der Waals surface area contributed by atoms with E-state index >= 15 is 0 Å². The molecule has 6 heteroatoms. The van der Waals surface area contributed by atoms with Crippen molar-refractivity contribution in [2.45, 2.75) is 33.4 Å². The van der Waals surface area contributed by atoms with Gasteiger partial charge in [-0.3, -0.25) is 0 Å². The summed E-state index contributed by atoms with van der Waals surface area (Å²) in [5, 5.41) is 4.13. The summed E-state index contributed by atoms with van der Waals surface area (Å²) in [6.45, 7) is 6.06. The van der Waals surface area contributed by atoms with E-state index in [2.05, 4.69) is 10.3 Å². The number of nitrogens with one attached hydrogen (secondary N) is 1. The first kappa shape index (κ1) is 15.0. The number of hydrogen-bond donors (Lipinski definition) is 1. The van der Waals surface area contributed by atoms with Crippen LogP contribution in [0.3, 0.4) is 0 Å². The Hall–Kier alpha value is -1.40. The minimum atomic E-state index is -1.43. The molecular weight excluding hydrogens is 285 g/mol. The standard InChI is InChI=1S/C14H15F3N2S/c1-7(14-8(2)19-9(3)20-14)18-6-10-4-11(15)13(17)12(16)5-10/h4-5,7,18H,6H2,1-3H3. The van der Waals surface area contributed by atoms with Crippen molar-refractivity contribution in [1.29, 1.82) is 0 Å². The van der Waals surface area contributed by atoms with Gasteiger partial charge in [-0.25, -0.2) is 18.2 Å². The number of hydrogen-bond acceptors (Lipinski definition) is 3. The Morgan fingerprint density at radius 2 is 1.80 bits per heavy atom. The lowest BCUT2D eigenvalue weighted by atomic mass is 10.1. The average molecular weight is 300 g/mol. The van der Waals surface area contributed by atoms with Gasteiger partial charge in [0.25, 0.3) is 0 Å². The van der Waals surface area contributed by atoms with Crippen LogP contribution in [0.25, 0.3) is 0 Å². The Morgan fingerprint density at radius 3 is 2.30 bits per heavy atom. The average Bonchev–Trinajstić information content (AvgIpc) is 2.72. The normalized spacial score (nSPS) is 12.7. The van der Waals surface area contributed by atoms with E-state index in [1.54, 1.807) is 11.3 Å². The minimum Gasteiger partial charge on any atom is -0.305 e. The highest BCUT2D eigenvalue weighted by molar-refractivity contribution is 7.11. The maximum Gasteiger partial charge on any atom is 0.194 e. The summed E-state index contributed by atoms with van der Waals surface area (Å²) < 4.78 is 39.1. The fraction of sp³-hybridized carbons (Fsp3) is 0.357. The second-order valence-corrected chi connectivity index (χ2v) is 5.89. The van der Waals surface area contributed by atoms with Crippen molar-refractivity contribution < 1.29 is 13.2 Å². The van der Waals surface area contributed by atoms with Gasteiger partial charge in [0.15, 0.2) is 17.5 Å². The van der Waals surface area contributed by atoms with E-state index in [-0.39, 0.29) is 12.6 Å². The molecule has 0 bridgehead atoms. The molecule has 0 saturated heterocycles. The highest BCUT2D eigenvalue weighted by atomic mass is 32.1. The van der Waals surface area contributed by atoms with Gasteiger partial charge in [0.1, 0.15) is 0 Å². The van der Waals surface area contributed by atoms with Gasteiger partial charge in [-0.2, -0.15) is 0 Å². The number of nitrogens with zero attached hydrogens (tertiary/aromatic N) is 1. The molecule has 0 aliphatic heterocycles. The zero-order valence-electron chi connectivity index (χ0n) is 11.4. The SMILES string of the molecule is Cc1nc(C)c(C(C)NCc2cc(F)c(F)c(F)c2)s1. The van der Waals surface area contributed by atoms with Crippen molar-refractivity contribution in [3.63, 3.8) is 0 Å². The number of rotatable bonds is 4. The van der Waals surface area contributed by atoms with Crippen LogP contribution in [0, 0.1) is 31.3 Å². The van der Waals surface area contributed by atoms with Crippen LogP contribution >= 0.6 is 11.3 Å². The molecule has 2 rings (SSSR count). The molecule has 0 aliphatic carbocycles. The van der Waals surface area contributed by atoms with Crippen LogP contribution < -0.4 is 5.32 Å². The van der Waals surface area contributed by atoms with Gasteiger partial charge >= 0.3 is 0 Å². The quantitative estimate of drug-likeness (QED) is 0.862. The van der Waals surface area contributed by atoms with Gasteiger partial charge in [-0.1, -0.05) is 0 Å². The molecule has 20 heavy (non-hydrogen) atoms. The van der Waals surface area contributed by atoms with E-state index in [0.29, 0.717) is 5.56 Å². The molecular formula is C14H15F3N2S. The van der Waals surface area contributed by atoms with Crippen molar-refractivity contribution in [2.75, 3.05) is 0 Å².